The Balaban J connectivity index is 2.15. The van der Waals surface area contributed by atoms with Crippen LogP contribution < -0.4 is 10.9 Å². The maximum Gasteiger partial charge on any atom is 0.339 e. The summed E-state index contributed by atoms with van der Waals surface area (Å²) < 4.78 is 5.77. The minimum absolute atomic E-state index is 0.184. The number of ether oxygens (including phenoxy) is 1. The molecule has 2 rings (SSSR count). The van der Waals surface area contributed by atoms with E-state index in [1.165, 1.54) is 30.0 Å². The van der Waals surface area contributed by atoms with Gasteiger partial charge < -0.3 is 14.6 Å². The lowest BCUT2D eigenvalue weighted by Crippen LogP contribution is -2.27. The smallest absolute Gasteiger partial charge is 0.339 e. The van der Waals surface area contributed by atoms with Crippen molar-refractivity contribution in [1.29, 1.82) is 0 Å². The van der Waals surface area contributed by atoms with Crippen molar-refractivity contribution in [2.24, 2.45) is 0 Å². The van der Waals surface area contributed by atoms with Gasteiger partial charge in [-0.3, -0.25) is 9.59 Å². The van der Waals surface area contributed by atoms with E-state index in [9.17, 15) is 14.4 Å². The van der Waals surface area contributed by atoms with Crippen LogP contribution >= 0.6 is 0 Å². The number of pyridine rings is 1. The van der Waals surface area contributed by atoms with Crippen LogP contribution in [-0.2, 0) is 16.1 Å². The second kappa shape index (κ2) is 6.91. The fourth-order valence-electron chi connectivity index (χ4n) is 2.07. The van der Waals surface area contributed by atoms with Gasteiger partial charge in [-0.05, 0) is 43.2 Å². The maximum atomic E-state index is 12.1. The predicted octanol–water partition coefficient (Wildman–Crippen LogP) is 1.89. The topological polar surface area (TPSA) is 77.4 Å². The summed E-state index contributed by atoms with van der Waals surface area (Å²) in [5, 5.41) is 2.73. The number of carbonyl (C=O) groups excluding carboxylic acids is 2. The molecule has 1 heterocycles. The minimum Gasteiger partial charge on any atom is -0.465 e. The van der Waals surface area contributed by atoms with Crippen molar-refractivity contribution in [1.82, 2.24) is 4.57 Å². The Labute approximate surface area is 133 Å². The molecule has 0 aliphatic rings. The lowest BCUT2D eigenvalue weighted by Gasteiger charge is -2.10. The largest absolute Gasteiger partial charge is 0.465 e. The van der Waals surface area contributed by atoms with Crippen LogP contribution in [0.3, 0.4) is 0 Å². The number of amides is 1. The molecule has 6 heteroatoms. The molecule has 23 heavy (non-hydrogen) atoms. The van der Waals surface area contributed by atoms with Crippen molar-refractivity contribution < 1.29 is 14.3 Å². The van der Waals surface area contributed by atoms with E-state index < -0.39 is 5.97 Å². The molecule has 0 fully saturated rings. The Morgan fingerprint density at radius 1 is 1.13 bits per heavy atom. The molecular weight excluding hydrogens is 296 g/mol. The third-order valence-corrected chi connectivity index (χ3v) is 3.51. The quantitative estimate of drug-likeness (QED) is 0.874. The maximum absolute atomic E-state index is 12.1. The number of hydrogen-bond donors (Lipinski definition) is 1. The first-order chi connectivity index (χ1) is 10.9. The molecule has 0 aliphatic carbocycles. The SMILES string of the molecule is COC(=O)c1ccc(=O)n(CC(=O)Nc2ccc(C)c(C)c2)c1. The van der Waals surface area contributed by atoms with Crippen molar-refractivity contribution in [2.75, 3.05) is 12.4 Å². The molecule has 0 unspecified atom stereocenters. The number of carbonyl (C=O) groups is 2. The Morgan fingerprint density at radius 3 is 2.52 bits per heavy atom. The summed E-state index contributed by atoms with van der Waals surface area (Å²) in [5.41, 5.74) is 2.70. The summed E-state index contributed by atoms with van der Waals surface area (Å²) in [6, 6.07) is 8.17. The number of rotatable bonds is 4. The van der Waals surface area contributed by atoms with E-state index in [4.69, 9.17) is 0 Å². The second-order valence-electron chi connectivity index (χ2n) is 5.22. The molecular formula is C17H18N2O4. The number of aryl methyl sites for hydroxylation is 2. The molecule has 0 radical (unpaired) electrons. The Hall–Kier alpha value is -2.89. The fourth-order valence-corrected chi connectivity index (χ4v) is 2.07. The van der Waals surface area contributed by atoms with Crippen LogP contribution in [-0.4, -0.2) is 23.6 Å². The highest BCUT2D eigenvalue weighted by Crippen LogP contribution is 2.14. The first kappa shape index (κ1) is 16.5. The highest BCUT2D eigenvalue weighted by atomic mass is 16.5. The number of esters is 1. The van der Waals surface area contributed by atoms with Gasteiger partial charge in [0.2, 0.25) is 5.91 Å². The van der Waals surface area contributed by atoms with Crippen molar-refractivity contribution in [3.63, 3.8) is 0 Å². The summed E-state index contributed by atoms with van der Waals surface area (Å²) in [5.74, 6) is -0.911. The van der Waals surface area contributed by atoms with Crippen molar-refractivity contribution in [3.8, 4) is 0 Å². The summed E-state index contributed by atoms with van der Waals surface area (Å²) in [4.78, 5) is 35.4. The van der Waals surface area contributed by atoms with E-state index in [2.05, 4.69) is 10.1 Å². The van der Waals surface area contributed by atoms with Crippen LogP contribution in [0.15, 0.2) is 41.3 Å². The molecule has 1 amide bonds. The van der Waals surface area contributed by atoms with Gasteiger partial charge in [0.15, 0.2) is 0 Å². The van der Waals surface area contributed by atoms with Gasteiger partial charge in [-0.1, -0.05) is 6.07 Å². The third-order valence-electron chi connectivity index (χ3n) is 3.51. The first-order valence-electron chi connectivity index (χ1n) is 7.06. The third kappa shape index (κ3) is 4.06. The van der Waals surface area contributed by atoms with Gasteiger partial charge >= 0.3 is 5.97 Å². The standard InChI is InChI=1S/C17H18N2O4/c1-11-4-6-14(8-12(11)2)18-15(20)10-19-9-13(17(22)23-3)5-7-16(19)21/h4-9H,10H2,1-3H3,(H,18,20). The Bertz CT molecular complexity index is 808. The zero-order chi connectivity index (χ0) is 17.0. The zero-order valence-electron chi connectivity index (χ0n) is 13.3. The monoisotopic (exact) mass is 314 g/mol. The van der Waals surface area contributed by atoms with Crippen molar-refractivity contribution in [3.05, 3.63) is 63.6 Å². The van der Waals surface area contributed by atoms with Gasteiger partial charge in [-0.25, -0.2) is 4.79 Å². The molecule has 0 spiro atoms. The number of aromatic nitrogens is 1. The van der Waals surface area contributed by atoms with E-state index >= 15 is 0 Å². The molecule has 0 aliphatic heterocycles. The molecule has 0 bridgehead atoms. The highest BCUT2D eigenvalue weighted by Gasteiger charge is 2.10. The molecule has 1 aromatic heterocycles. The molecule has 0 saturated heterocycles. The number of methoxy groups -OCH3 is 1. The van der Waals surface area contributed by atoms with Gasteiger partial charge in [0.1, 0.15) is 6.54 Å². The number of nitrogens with zero attached hydrogens (tertiary/aromatic N) is 1. The van der Waals surface area contributed by atoms with E-state index in [0.29, 0.717) is 5.69 Å². The summed E-state index contributed by atoms with van der Waals surface area (Å²) in [7, 11) is 1.25. The normalized spacial score (nSPS) is 10.2. The van der Waals surface area contributed by atoms with E-state index in [0.717, 1.165) is 11.1 Å². The van der Waals surface area contributed by atoms with Crippen LogP contribution in [0.4, 0.5) is 5.69 Å². The van der Waals surface area contributed by atoms with Crippen LogP contribution in [0.5, 0.6) is 0 Å². The van der Waals surface area contributed by atoms with Crippen LogP contribution in [0.1, 0.15) is 21.5 Å². The molecule has 1 aromatic carbocycles. The molecule has 120 valence electrons. The highest BCUT2D eigenvalue weighted by molar-refractivity contribution is 5.91. The van der Waals surface area contributed by atoms with E-state index in [-0.39, 0.29) is 23.6 Å². The first-order valence-corrected chi connectivity index (χ1v) is 7.06. The lowest BCUT2D eigenvalue weighted by atomic mass is 10.1. The molecule has 6 nitrogen and oxygen atoms in total. The van der Waals surface area contributed by atoms with E-state index in [1.807, 2.05) is 26.0 Å². The van der Waals surface area contributed by atoms with Gasteiger partial charge in [0.25, 0.3) is 5.56 Å². The Morgan fingerprint density at radius 2 is 1.87 bits per heavy atom. The van der Waals surface area contributed by atoms with Gasteiger partial charge in [-0.2, -0.15) is 0 Å². The molecule has 0 saturated carbocycles. The summed E-state index contributed by atoms with van der Waals surface area (Å²) in [6.07, 6.45) is 1.31. The van der Waals surface area contributed by atoms with Gasteiger partial charge in [0.05, 0.1) is 12.7 Å². The molecule has 1 N–H and O–H groups in total. The molecule has 0 atom stereocenters. The van der Waals surface area contributed by atoms with Gasteiger partial charge in [-0.15, -0.1) is 0 Å². The van der Waals surface area contributed by atoms with Gasteiger partial charge in [0, 0.05) is 18.0 Å². The lowest BCUT2D eigenvalue weighted by molar-refractivity contribution is -0.116. The fraction of sp³-hybridized carbons (Fsp3) is 0.235. The number of hydrogen-bond acceptors (Lipinski definition) is 4. The zero-order valence-corrected chi connectivity index (χ0v) is 13.3. The average Bonchev–Trinajstić information content (AvgIpc) is 2.52. The molecule has 2 aromatic rings. The van der Waals surface area contributed by atoms with Crippen molar-refractivity contribution in [2.45, 2.75) is 20.4 Å². The summed E-state index contributed by atoms with van der Waals surface area (Å²) >= 11 is 0. The van der Waals surface area contributed by atoms with E-state index in [1.54, 1.807) is 6.07 Å². The van der Waals surface area contributed by atoms with Crippen molar-refractivity contribution >= 4 is 17.6 Å². The predicted molar refractivity (Wildman–Crippen MR) is 86.6 cm³/mol. The Kier molecular flexibility index (Phi) is 4.95. The van der Waals surface area contributed by atoms with Crippen LogP contribution in [0.2, 0.25) is 0 Å². The summed E-state index contributed by atoms with van der Waals surface area (Å²) in [6.45, 7) is 3.75. The number of benzene rings is 1. The number of nitrogens with one attached hydrogen (secondary N) is 1. The van der Waals surface area contributed by atoms with Crippen LogP contribution in [0, 0.1) is 13.8 Å². The average molecular weight is 314 g/mol. The van der Waals surface area contributed by atoms with Crippen LogP contribution in [0.25, 0.3) is 0 Å². The second-order valence-corrected chi connectivity index (χ2v) is 5.22. The number of anilines is 1. The minimum atomic E-state index is -0.562.